The van der Waals surface area contributed by atoms with Crippen molar-refractivity contribution < 1.29 is 38.4 Å². The van der Waals surface area contributed by atoms with Gasteiger partial charge in [0.05, 0.1) is 0 Å². The molecule has 51 heavy (non-hydrogen) atoms. The van der Waals surface area contributed by atoms with E-state index in [1.807, 2.05) is 66.7 Å². The van der Waals surface area contributed by atoms with Crippen LogP contribution < -0.4 is 20.7 Å². The maximum Gasteiger partial charge on any atom is 0.356 e. The number of amides is 2. The number of aromatic nitrogens is 3. The van der Waals surface area contributed by atoms with Crippen LogP contribution in [0.4, 0.5) is 5.13 Å². The molecule has 14 nitrogen and oxygen atoms in total. The van der Waals surface area contributed by atoms with Gasteiger partial charge in [0.1, 0.15) is 24.2 Å². The highest BCUT2D eigenvalue weighted by atomic mass is 32.2. The Morgan fingerprint density at radius 1 is 1.12 bits per heavy atom. The number of pyridine rings is 1. The minimum Gasteiger partial charge on any atom is -0.550 e. The van der Waals surface area contributed by atoms with Crippen molar-refractivity contribution in [2.45, 2.75) is 30.5 Å². The summed E-state index contributed by atoms with van der Waals surface area (Å²) in [5, 5.41) is 17.0. The van der Waals surface area contributed by atoms with Gasteiger partial charge in [0.15, 0.2) is 30.2 Å². The third kappa shape index (κ3) is 7.97. The lowest BCUT2D eigenvalue weighted by Crippen LogP contribution is -2.71. The standard InChI is InChI=1S/C35H31N7O7S2/c1-48-39-26(30-38-35(36)51-40-30)31(45)37-27-32(46)42-28(34(47)49-29(22-11-4-2-5-12-22)23-13-6-3-7-14-23)24(20-50-33(27)42)15-9-17-41-16-8-10-21(19-41)18-25(43)44/h2-16,19,27,29,33H,17-18,20H2,1H3,(H3-,36,37,38,40,43,44,45)/t27?,33-/m1/s1. The second-order valence-corrected chi connectivity index (χ2v) is 13.2. The van der Waals surface area contributed by atoms with Crippen LogP contribution in [0.3, 0.4) is 0 Å². The molecule has 2 aliphatic rings. The van der Waals surface area contributed by atoms with E-state index in [9.17, 15) is 24.3 Å². The average molecular weight is 726 g/mol. The number of β-lactam (4-membered cyclic amide) rings is 1. The molecule has 3 N–H and O–H groups in total. The summed E-state index contributed by atoms with van der Waals surface area (Å²) in [5.74, 6) is -2.93. The van der Waals surface area contributed by atoms with Crippen LogP contribution in [0.1, 0.15) is 28.6 Å². The van der Waals surface area contributed by atoms with Crippen LogP contribution in [0.2, 0.25) is 0 Å². The van der Waals surface area contributed by atoms with Crippen LogP contribution in [0, 0.1) is 0 Å². The van der Waals surface area contributed by atoms with Crippen molar-refractivity contribution in [3.63, 3.8) is 0 Å². The van der Waals surface area contributed by atoms with Crippen LogP contribution >= 0.6 is 23.3 Å². The SMILES string of the molecule is CON=C(C(=O)NC1C(=O)N2C(C(=O)OC(c3ccccc3)c3ccccc3)=C(C=CC[n+]3cccc(CC(=O)[O-])c3)CS[C@H]12)c1nsc(N)n1. The Kier molecular flexibility index (Phi) is 10.8. The number of oxime groups is 1. The molecule has 1 saturated heterocycles. The molecule has 16 heteroatoms. The Morgan fingerprint density at radius 2 is 1.82 bits per heavy atom. The largest absolute Gasteiger partial charge is 0.550 e. The Labute approximate surface area is 300 Å². The first-order valence-electron chi connectivity index (χ1n) is 15.6. The van der Waals surface area contributed by atoms with Crippen LogP contribution in [-0.4, -0.2) is 68.0 Å². The monoisotopic (exact) mass is 725 g/mol. The van der Waals surface area contributed by atoms with Gasteiger partial charge in [-0.1, -0.05) is 71.9 Å². The maximum absolute atomic E-state index is 14.3. The maximum atomic E-state index is 14.3. The molecule has 1 unspecified atom stereocenters. The number of nitrogen functional groups attached to an aromatic ring is 1. The Hall–Kier alpha value is -5.87. The molecule has 4 aromatic rings. The molecule has 4 heterocycles. The van der Waals surface area contributed by atoms with Crippen molar-refractivity contribution in [2.24, 2.45) is 5.16 Å². The molecule has 0 radical (unpaired) electrons. The smallest absolute Gasteiger partial charge is 0.356 e. The van der Waals surface area contributed by atoms with Crippen molar-refractivity contribution in [3.05, 3.63) is 131 Å². The molecular weight excluding hydrogens is 695 g/mol. The molecule has 2 atom stereocenters. The van der Waals surface area contributed by atoms with Gasteiger partial charge < -0.3 is 30.5 Å². The molecule has 0 aliphatic carbocycles. The summed E-state index contributed by atoms with van der Waals surface area (Å²) in [6, 6.07) is 21.0. The van der Waals surface area contributed by atoms with Crippen LogP contribution in [0.25, 0.3) is 0 Å². The molecule has 2 aliphatic heterocycles. The highest BCUT2D eigenvalue weighted by Crippen LogP contribution is 2.42. The molecule has 0 bridgehead atoms. The van der Waals surface area contributed by atoms with Gasteiger partial charge in [-0.2, -0.15) is 9.36 Å². The first kappa shape index (κ1) is 35.0. The quantitative estimate of drug-likeness (QED) is 0.0664. The van der Waals surface area contributed by atoms with E-state index < -0.39 is 41.3 Å². The number of hydrogen-bond donors (Lipinski definition) is 2. The highest BCUT2D eigenvalue weighted by molar-refractivity contribution is 8.00. The number of anilines is 1. The van der Waals surface area contributed by atoms with Gasteiger partial charge in [-0.05, 0) is 28.8 Å². The number of nitrogens with zero attached hydrogens (tertiary/aromatic N) is 5. The summed E-state index contributed by atoms with van der Waals surface area (Å²) < 4.78 is 12.0. The Balaban J connectivity index is 1.29. The molecule has 2 aromatic heterocycles. The zero-order valence-electron chi connectivity index (χ0n) is 27.1. The fraction of sp³-hybridized carbons (Fsp3) is 0.200. The van der Waals surface area contributed by atoms with Gasteiger partial charge in [0.2, 0.25) is 11.5 Å². The van der Waals surface area contributed by atoms with Gasteiger partial charge >= 0.3 is 5.97 Å². The second kappa shape index (κ2) is 15.8. The minimum absolute atomic E-state index is 0.0516. The van der Waals surface area contributed by atoms with Crippen molar-refractivity contribution in [1.29, 1.82) is 0 Å². The molecule has 1 fully saturated rings. The summed E-state index contributed by atoms with van der Waals surface area (Å²) >= 11 is 2.24. The average Bonchev–Trinajstić information content (AvgIpc) is 3.57. The first-order chi connectivity index (χ1) is 24.7. The number of carboxylic acids is 1. The lowest BCUT2D eigenvalue weighted by Gasteiger charge is -2.49. The van der Waals surface area contributed by atoms with Gasteiger partial charge in [-0.25, -0.2) is 9.36 Å². The topological polar surface area (TPSA) is 193 Å². The number of nitrogens with one attached hydrogen (secondary N) is 1. The Morgan fingerprint density at radius 3 is 2.45 bits per heavy atom. The lowest BCUT2D eigenvalue weighted by molar-refractivity contribution is -0.687. The molecule has 0 saturated carbocycles. The summed E-state index contributed by atoms with van der Waals surface area (Å²) in [4.78, 5) is 62.6. The lowest BCUT2D eigenvalue weighted by atomic mass is 10.0. The van der Waals surface area contributed by atoms with E-state index >= 15 is 0 Å². The van der Waals surface area contributed by atoms with Crippen molar-refractivity contribution in [3.8, 4) is 0 Å². The van der Waals surface area contributed by atoms with E-state index in [1.165, 1.54) is 23.8 Å². The molecule has 0 spiro atoms. The number of nitrogens with two attached hydrogens (primary N) is 1. The fourth-order valence-electron chi connectivity index (χ4n) is 5.60. The predicted molar refractivity (Wildman–Crippen MR) is 185 cm³/mol. The molecular formula is C35H31N7O7S2. The van der Waals surface area contributed by atoms with Crippen molar-refractivity contribution in [1.82, 2.24) is 19.6 Å². The number of carbonyl (C=O) groups is 4. The number of rotatable bonds is 13. The zero-order valence-corrected chi connectivity index (χ0v) is 28.7. The van der Waals surface area contributed by atoms with E-state index in [1.54, 1.807) is 35.2 Å². The van der Waals surface area contributed by atoms with Gasteiger partial charge in [-0.15, -0.1) is 11.8 Å². The molecule has 260 valence electrons. The first-order valence-corrected chi connectivity index (χ1v) is 17.4. The van der Waals surface area contributed by atoms with Crippen molar-refractivity contribution >= 4 is 57.9 Å². The number of thioether (sulfide) groups is 1. The van der Waals surface area contributed by atoms with Crippen LogP contribution in [0.15, 0.2) is 114 Å². The summed E-state index contributed by atoms with van der Waals surface area (Å²) in [6.07, 6.45) is 6.04. The number of carbonyl (C=O) groups excluding carboxylic acids is 4. The van der Waals surface area contributed by atoms with E-state index in [4.69, 9.17) is 15.3 Å². The van der Waals surface area contributed by atoms with Gasteiger partial charge in [0.25, 0.3) is 11.8 Å². The van der Waals surface area contributed by atoms with E-state index in [2.05, 4.69) is 19.8 Å². The third-order valence-corrected chi connectivity index (χ3v) is 9.71. The van der Waals surface area contributed by atoms with Crippen molar-refractivity contribution in [2.75, 3.05) is 18.6 Å². The third-order valence-electron chi connectivity index (χ3n) is 7.86. The van der Waals surface area contributed by atoms with Crippen LogP contribution in [-0.2, 0) is 41.7 Å². The highest BCUT2D eigenvalue weighted by Gasteiger charge is 2.55. The molecule has 2 amide bonds. The van der Waals surface area contributed by atoms with Crippen LogP contribution in [0.5, 0.6) is 0 Å². The number of fused-ring (bicyclic) bond motifs is 1. The minimum atomic E-state index is -1.19. The number of ether oxygens (including phenoxy) is 1. The number of hydrogen-bond acceptors (Lipinski definition) is 13. The second-order valence-electron chi connectivity index (χ2n) is 11.3. The number of allylic oxidation sites excluding steroid dienone is 2. The van der Waals surface area contributed by atoms with E-state index in [-0.39, 0.29) is 28.8 Å². The summed E-state index contributed by atoms with van der Waals surface area (Å²) in [7, 11) is 1.26. The van der Waals surface area contributed by atoms with E-state index in [0.29, 0.717) is 23.4 Å². The summed E-state index contributed by atoms with van der Waals surface area (Å²) in [5.41, 5.74) is 8.08. The normalized spacial score (nSPS) is 17.3. The summed E-state index contributed by atoms with van der Waals surface area (Å²) in [6.45, 7) is 0.348. The fourth-order valence-corrected chi connectivity index (χ4v) is 7.35. The zero-order chi connectivity index (χ0) is 35.9. The number of benzene rings is 2. The van der Waals surface area contributed by atoms with Gasteiger partial charge in [0, 0.05) is 41.3 Å². The Bertz CT molecular complexity index is 2000. The van der Waals surface area contributed by atoms with Gasteiger partial charge in [-0.3, -0.25) is 14.5 Å². The predicted octanol–water partition coefficient (Wildman–Crippen LogP) is 1.29. The molecule has 2 aromatic carbocycles. The number of esters is 1. The molecule has 6 rings (SSSR count). The van der Waals surface area contributed by atoms with E-state index in [0.717, 1.165) is 22.7 Å². The number of carboxylic acid groups (broad SMARTS) is 1. The number of aliphatic carboxylic acids is 1.